The van der Waals surface area contributed by atoms with E-state index in [9.17, 15) is 5.11 Å². The minimum Gasteiger partial charge on any atom is -0.489 e. The van der Waals surface area contributed by atoms with Crippen molar-refractivity contribution in [2.45, 2.75) is 26.0 Å². The molecule has 0 atom stereocenters. The summed E-state index contributed by atoms with van der Waals surface area (Å²) in [7, 11) is 1.88. The summed E-state index contributed by atoms with van der Waals surface area (Å²) in [6, 6.07) is 3.75. The van der Waals surface area contributed by atoms with Crippen LogP contribution in [-0.2, 0) is 6.54 Å². The van der Waals surface area contributed by atoms with Gasteiger partial charge < -0.3 is 15.2 Å². The predicted molar refractivity (Wildman–Crippen MR) is 58.8 cm³/mol. The highest BCUT2D eigenvalue weighted by molar-refractivity contribution is 5.19. The molecular weight excluding hydrogens is 192 g/mol. The summed E-state index contributed by atoms with van der Waals surface area (Å²) in [5.41, 5.74) is 0.150. The molecule has 0 radical (unpaired) electrons. The van der Waals surface area contributed by atoms with Gasteiger partial charge in [0.1, 0.15) is 12.4 Å². The van der Waals surface area contributed by atoms with Gasteiger partial charge in [-0.3, -0.25) is 4.98 Å². The van der Waals surface area contributed by atoms with Crippen molar-refractivity contribution in [3.05, 3.63) is 24.0 Å². The molecule has 1 aromatic rings. The third-order valence-electron chi connectivity index (χ3n) is 1.75. The maximum Gasteiger partial charge on any atom is 0.137 e. The van der Waals surface area contributed by atoms with Crippen molar-refractivity contribution in [2.24, 2.45) is 0 Å². The van der Waals surface area contributed by atoms with Crippen LogP contribution in [0.15, 0.2) is 18.3 Å². The Labute approximate surface area is 90.3 Å². The van der Waals surface area contributed by atoms with Crippen LogP contribution in [0.4, 0.5) is 0 Å². The lowest BCUT2D eigenvalue weighted by Gasteiger charge is -2.17. The van der Waals surface area contributed by atoms with Crippen molar-refractivity contribution in [1.82, 2.24) is 10.3 Å². The van der Waals surface area contributed by atoms with Crippen LogP contribution < -0.4 is 10.1 Å². The van der Waals surface area contributed by atoms with Gasteiger partial charge in [-0.25, -0.2) is 0 Å². The van der Waals surface area contributed by atoms with E-state index in [-0.39, 0.29) is 6.61 Å². The molecule has 1 aromatic heterocycles. The molecule has 0 saturated carbocycles. The van der Waals surface area contributed by atoms with Crippen molar-refractivity contribution in [2.75, 3.05) is 13.7 Å². The molecule has 84 valence electrons. The Morgan fingerprint density at radius 2 is 2.20 bits per heavy atom. The van der Waals surface area contributed by atoms with Gasteiger partial charge in [-0.05, 0) is 33.0 Å². The molecule has 0 aliphatic carbocycles. The minimum atomic E-state index is -0.816. The molecular formula is C11H18N2O2. The first-order valence-electron chi connectivity index (χ1n) is 4.96. The summed E-state index contributed by atoms with van der Waals surface area (Å²) in [4.78, 5) is 4.20. The monoisotopic (exact) mass is 210 g/mol. The summed E-state index contributed by atoms with van der Waals surface area (Å²) >= 11 is 0. The van der Waals surface area contributed by atoms with Crippen LogP contribution in [0.3, 0.4) is 0 Å². The Morgan fingerprint density at radius 3 is 2.67 bits per heavy atom. The third-order valence-corrected chi connectivity index (χ3v) is 1.75. The fourth-order valence-corrected chi connectivity index (χ4v) is 1.04. The second-order valence-electron chi connectivity index (χ2n) is 4.12. The number of nitrogens with one attached hydrogen (secondary N) is 1. The van der Waals surface area contributed by atoms with E-state index < -0.39 is 5.60 Å². The molecule has 1 heterocycles. The summed E-state index contributed by atoms with van der Waals surface area (Å²) in [5, 5.41) is 12.5. The molecule has 0 amide bonds. The highest BCUT2D eigenvalue weighted by Crippen LogP contribution is 2.11. The van der Waals surface area contributed by atoms with E-state index in [1.165, 1.54) is 0 Å². The summed E-state index contributed by atoms with van der Waals surface area (Å²) < 4.78 is 5.37. The van der Waals surface area contributed by atoms with Crippen molar-refractivity contribution in [3.8, 4) is 5.75 Å². The van der Waals surface area contributed by atoms with Gasteiger partial charge in [0.2, 0.25) is 0 Å². The average molecular weight is 210 g/mol. The average Bonchev–Trinajstić information content (AvgIpc) is 2.16. The second kappa shape index (κ2) is 5.09. The van der Waals surface area contributed by atoms with Gasteiger partial charge in [-0.15, -0.1) is 0 Å². The predicted octanol–water partition coefficient (Wildman–Crippen LogP) is 0.951. The van der Waals surface area contributed by atoms with Gasteiger partial charge in [0.15, 0.2) is 0 Å². The maximum atomic E-state index is 9.46. The Bertz CT molecular complexity index is 290. The lowest BCUT2D eigenvalue weighted by atomic mass is 10.2. The lowest BCUT2D eigenvalue weighted by molar-refractivity contribution is 0.0283. The normalized spacial score (nSPS) is 11.5. The summed E-state index contributed by atoms with van der Waals surface area (Å²) in [6.45, 7) is 4.41. The number of aliphatic hydroxyl groups is 1. The Morgan fingerprint density at radius 1 is 1.47 bits per heavy atom. The maximum absolute atomic E-state index is 9.46. The summed E-state index contributed by atoms with van der Waals surface area (Å²) in [5.74, 6) is 0.678. The molecule has 0 aliphatic rings. The molecule has 0 spiro atoms. The van der Waals surface area contributed by atoms with Crippen molar-refractivity contribution in [1.29, 1.82) is 0 Å². The molecule has 2 N–H and O–H groups in total. The molecule has 0 unspecified atom stereocenters. The van der Waals surface area contributed by atoms with Gasteiger partial charge >= 0.3 is 0 Å². The first-order chi connectivity index (χ1) is 7.01. The van der Waals surface area contributed by atoms with E-state index in [2.05, 4.69) is 10.3 Å². The lowest BCUT2D eigenvalue weighted by Crippen LogP contribution is -2.27. The molecule has 0 bridgehead atoms. The van der Waals surface area contributed by atoms with Crippen molar-refractivity contribution >= 4 is 0 Å². The molecule has 1 rings (SSSR count). The molecule has 0 fully saturated rings. The second-order valence-corrected chi connectivity index (χ2v) is 4.12. The highest BCUT2D eigenvalue weighted by Gasteiger charge is 2.13. The van der Waals surface area contributed by atoms with Crippen LogP contribution in [-0.4, -0.2) is 29.3 Å². The number of aromatic nitrogens is 1. The van der Waals surface area contributed by atoms with Gasteiger partial charge in [0.25, 0.3) is 0 Å². The van der Waals surface area contributed by atoms with E-state index >= 15 is 0 Å². The number of hydrogen-bond acceptors (Lipinski definition) is 4. The Hall–Kier alpha value is -1.13. The molecule has 4 nitrogen and oxygen atoms in total. The van der Waals surface area contributed by atoms with Crippen molar-refractivity contribution in [3.63, 3.8) is 0 Å². The topological polar surface area (TPSA) is 54.4 Å². The number of pyridine rings is 1. The van der Waals surface area contributed by atoms with Crippen LogP contribution in [0.25, 0.3) is 0 Å². The molecule has 4 heteroatoms. The van der Waals surface area contributed by atoms with Crippen molar-refractivity contribution < 1.29 is 9.84 Å². The quantitative estimate of drug-likeness (QED) is 0.759. The smallest absolute Gasteiger partial charge is 0.137 e. The standard InChI is InChI=1S/C11H18N2O2/c1-11(2,14)8-15-10-5-4-9(6-12-3)13-7-10/h4-5,7,12,14H,6,8H2,1-3H3. The van der Waals surface area contributed by atoms with Gasteiger partial charge in [0, 0.05) is 6.54 Å². The molecule has 0 saturated heterocycles. The fourth-order valence-electron chi connectivity index (χ4n) is 1.04. The van der Waals surface area contributed by atoms with Gasteiger partial charge in [-0.1, -0.05) is 0 Å². The summed E-state index contributed by atoms with van der Waals surface area (Å²) in [6.07, 6.45) is 1.67. The zero-order chi connectivity index (χ0) is 11.3. The largest absolute Gasteiger partial charge is 0.489 e. The number of hydrogen-bond donors (Lipinski definition) is 2. The highest BCUT2D eigenvalue weighted by atomic mass is 16.5. The van der Waals surface area contributed by atoms with Crippen LogP contribution in [0.5, 0.6) is 5.75 Å². The van der Waals surface area contributed by atoms with E-state index in [1.807, 2.05) is 19.2 Å². The van der Waals surface area contributed by atoms with E-state index in [4.69, 9.17) is 4.74 Å². The van der Waals surface area contributed by atoms with Crippen LogP contribution in [0.1, 0.15) is 19.5 Å². The van der Waals surface area contributed by atoms with Gasteiger partial charge in [-0.2, -0.15) is 0 Å². The number of nitrogens with zero attached hydrogens (tertiary/aromatic N) is 1. The van der Waals surface area contributed by atoms with Crippen LogP contribution >= 0.6 is 0 Å². The zero-order valence-electron chi connectivity index (χ0n) is 9.45. The van der Waals surface area contributed by atoms with Crippen LogP contribution in [0, 0.1) is 0 Å². The van der Waals surface area contributed by atoms with E-state index in [1.54, 1.807) is 20.0 Å². The number of rotatable bonds is 5. The first kappa shape index (κ1) is 11.9. The fraction of sp³-hybridized carbons (Fsp3) is 0.545. The Kier molecular flexibility index (Phi) is 4.05. The zero-order valence-corrected chi connectivity index (χ0v) is 9.45. The third kappa shape index (κ3) is 4.76. The minimum absolute atomic E-state index is 0.264. The SMILES string of the molecule is CNCc1ccc(OCC(C)(C)O)cn1. The Balaban J connectivity index is 2.50. The molecule has 0 aliphatic heterocycles. The first-order valence-corrected chi connectivity index (χ1v) is 4.96. The van der Waals surface area contributed by atoms with E-state index in [0.29, 0.717) is 5.75 Å². The van der Waals surface area contributed by atoms with Gasteiger partial charge in [0.05, 0.1) is 17.5 Å². The van der Waals surface area contributed by atoms with E-state index in [0.717, 1.165) is 12.2 Å². The van der Waals surface area contributed by atoms with Crippen LogP contribution in [0.2, 0.25) is 0 Å². The molecule has 15 heavy (non-hydrogen) atoms. The molecule has 0 aromatic carbocycles. The number of ether oxygens (including phenoxy) is 1.